The number of primary amides is 1. The van der Waals surface area contributed by atoms with Crippen LogP contribution in [0.4, 0.5) is 17.6 Å². The number of carbonyl (C=O) groups is 1. The SMILES string of the molecule is CC(C)(C(N)=O)c1cccc(OC(F)F)n1.OO.[C-]#[N+]C(C)(C)c1cccc(OC(F)F)n1. The summed E-state index contributed by atoms with van der Waals surface area (Å²) in [5.41, 5.74) is 4.03. The van der Waals surface area contributed by atoms with Crippen molar-refractivity contribution in [2.75, 3.05) is 0 Å². The van der Waals surface area contributed by atoms with Gasteiger partial charge in [0.15, 0.2) is 0 Å². The van der Waals surface area contributed by atoms with Crippen molar-refractivity contribution < 1.29 is 42.3 Å². The fraction of sp³-hybridized carbons (Fsp3) is 0.400. The molecule has 9 nitrogen and oxygen atoms in total. The number of hydrogen-bond donors (Lipinski definition) is 3. The third kappa shape index (κ3) is 9.67. The number of pyridine rings is 2. The van der Waals surface area contributed by atoms with E-state index in [0.29, 0.717) is 5.69 Å². The molecule has 4 N–H and O–H groups in total. The Kier molecular flexibility index (Phi) is 11.7. The Hall–Kier alpha value is -3.50. The van der Waals surface area contributed by atoms with Gasteiger partial charge in [0.2, 0.25) is 17.7 Å². The van der Waals surface area contributed by atoms with Gasteiger partial charge in [-0.3, -0.25) is 15.3 Å². The molecule has 2 heterocycles. The average molecular weight is 476 g/mol. The summed E-state index contributed by atoms with van der Waals surface area (Å²) in [4.78, 5) is 22.1. The van der Waals surface area contributed by atoms with E-state index in [1.54, 1.807) is 33.8 Å². The van der Waals surface area contributed by atoms with Crippen molar-refractivity contribution in [1.29, 1.82) is 0 Å². The van der Waals surface area contributed by atoms with Crippen molar-refractivity contribution in [2.24, 2.45) is 5.73 Å². The van der Waals surface area contributed by atoms with E-state index in [9.17, 15) is 22.4 Å². The van der Waals surface area contributed by atoms with Crippen LogP contribution >= 0.6 is 0 Å². The predicted molar refractivity (Wildman–Crippen MR) is 109 cm³/mol. The van der Waals surface area contributed by atoms with Crippen LogP contribution in [0.25, 0.3) is 4.85 Å². The Bertz CT molecular complexity index is 937. The van der Waals surface area contributed by atoms with Gasteiger partial charge in [0.25, 0.3) is 5.54 Å². The number of ether oxygens (including phenoxy) is 2. The highest BCUT2D eigenvalue weighted by molar-refractivity contribution is 5.85. The summed E-state index contributed by atoms with van der Waals surface area (Å²) in [5.74, 6) is -0.991. The molecule has 0 saturated heterocycles. The smallest absolute Gasteiger partial charge is 0.388 e. The largest absolute Gasteiger partial charge is 0.417 e. The summed E-state index contributed by atoms with van der Waals surface area (Å²) >= 11 is 0. The molecule has 0 bridgehead atoms. The van der Waals surface area contributed by atoms with Gasteiger partial charge < -0.3 is 20.1 Å². The van der Waals surface area contributed by atoms with Crippen molar-refractivity contribution in [2.45, 2.75) is 51.9 Å². The van der Waals surface area contributed by atoms with Gasteiger partial charge in [0.1, 0.15) is 5.69 Å². The van der Waals surface area contributed by atoms with E-state index in [1.165, 1.54) is 30.3 Å². The molecule has 0 aliphatic heterocycles. The molecule has 0 radical (unpaired) electrons. The first-order chi connectivity index (χ1) is 15.3. The topological polar surface area (TPSA) is 132 Å². The minimum atomic E-state index is -2.94. The first kappa shape index (κ1) is 29.5. The molecule has 33 heavy (non-hydrogen) atoms. The van der Waals surface area contributed by atoms with E-state index in [-0.39, 0.29) is 17.5 Å². The highest BCUT2D eigenvalue weighted by atomic mass is 19.3. The third-order valence-electron chi connectivity index (χ3n) is 4.03. The highest BCUT2D eigenvalue weighted by Crippen LogP contribution is 2.25. The summed E-state index contributed by atoms with van der Waals surface area (Å²) in [6.45, 7) is 7.55. The number of aromatic nitrogens is 2. The molecule has 0 aliphatic carbocycles. The summed E-state index contributed by atoms with van der Waals surface area (Å²) in [6, 6.07) is 8.76. The number of alkyl halides is 4. The number of halogens is 4. The van der Waals surface area contributed by atoms with Crippen molar-refractivity contribution >= 4 is 5.91 Å². The Labute approximate surface area is 187 Å². The van der Waals surface area contributed by atoms with E-state index >= 15 is 0 Å². The zero-order valence-electron chi connectivity index (χ0n) is 18.2. The molecule has 0 aliphatic rings. The quantitative estimate of drug-likeness (QED) is 0.235. The molecule has 2 aromatic rings. The maximum atomic E-state index is 12.0. The van der Waals surface area contributed by atoms with Crippen molar-refractivity contribution in [3.05, 3.63) is 59.2 Å². The zero-order valence-corrected chi connectivity index (χ0v) is 18.2. The lowest BCUT2D eigenvalue weighted by atomic mass is 9.88. The van der Waals surface area contributed by atoms with Crippen LogP contribution in [0.5, 0.6) is 11.8 Å². The van der Waals surface area contributed by atoms with Gasteiger partial charge in [0, 0.05) is 26.0 Å². The van der Waals surface area contributed by atoms with Crippen molar-refractivity contribution in [3.63, 3.8) is 0 Å². The third-order valence-corrected chi connectivity index (χ3v) is 4.03. The Morgan fingerprint density at radius 1 is 0.939 bits per heavy atom. The van der Waals surface area contributed by atoms with Gasteiger partial charge in [-0.2, -0.15) is 17.6 Å². The minimum absolute atomic E-state index is 0.167. The average Bonchev–Trinajstić information content (AvgIpc) is 2.75. The summed E-state index contributed by atoms with van der Waals surface area (Å²) in [7, 11) is 0. The monoisotopic (exact) mass is 476 g/mol. The predicted octanol–water partition coefficient (Wildman–Crippen LogP) is 4.30. The van der Waals surface area contributed by atoms with Crippen LogP contribution in [-0.2, 0) is 15.7 Å². The first-order valence-electron chi connectivity index (χ1n) is 9.02. The van der Waals surface area contributed by atoms with Gasteiger partial charge in [-0.25, -0.2) is 16.5 Å². The van der Waals surface area contributed by atoms with Gasteiger partial charge in [-0.15, -0.1) is 0 Å². The molecule has 2 aromatic heterocycles. The Morgan fingerprint density at radius 2 is 1.33 bits per heavy atom. The second kappa shape index (κ2) is 13.1. The van der Waals surface area contributed by atoms with Gasteiger partial charge in [-0.05, 0) is 26.0 Å². The molecular weight excluding hydrogens is 452 g/mol. The first-order valence-corrected chi connectivity index (χ1v) is 9.02. The lowest BCUT2D eigenvalue weighted by Crippen LogP contribution is -2.36. The summed E-state index contributed by atoms with van der Waals surface area (Å²) < 4.78 is 56.0. The molecule has 0 unspecified atom stereocenters. The van der Waals surface area contributed by atoms with Crippen LogP contribution in [0.1, 0.15) is 39.1 Å². The fourth-order valence-electron chi connectivity index (χ4n) is 2.02. The van der Waals surface area contributed by atoms with Crippen LogP contribution in [0.2, 0.25) is 0 Å². The van der Waals surface area contributed by atoms with Crippen LogP contribution in [0, 0.1) is 6.57 Å². The van der Waals surface area contributed by atoms with Crippen LogP contribution in [-0.4, -0.2) is 39.6 Å². The maximum Gasteiger partial charge on any atom is 0.388 e. The normalized spacial score (nSPS) is 10.9. The van der Waals surface area contributed by atoms with Crippen LogP contribution < -0.4 is 15.2 Å². The second-order valence-corrected chi connectivity index (χ2v) is 7.14. The van der Waals surface area contributed by atoms with E-state index < -0.39 is 30.1 Å². The Morgan fingerprint density at radius 3 is 1.70 bits per heavy atom. The summed E-state index contributed by atoms with van der Waals surface area (Å²) in [5, 5.41) is 12.0. The van der Waals surface area contributed by atoms with Crippen molar-refractivity contribution in [3.8, 4) is 11.8 Å². The lowest BCUT2D eigenvalue weighted by molar-refractivity contribution is -0.176. The number of nitrogens with zero attached hydrogens (tertiary/aromatic N) is 3. The standard InChI is InChI=1S/C10H12F2N2O2.C10H10F2N2O.H2O2/c1-10(2,8(13)15)6-4-3-5-7(14-6)16-9(11)12;1-10(2,13-3)7-5-4-6-8(14-7)15-9(11)12;1-2/h3-5,9H,1-2H3,(H2,13,15);4-6,9H,1-2H3;1-2H. The molecule has 0 spiro atoms. The number of hydrogen-bond acceptors (Lipinski definition) is 7. The number of rotatable bonds is 7. The molecule has 0 aromatic carbocycles. The number of nitrogens with two attached hydrogens (primary N) is 1. The minimum Gasteiger partial charge on any atom is -0.417 e. The van der Waals surface area contributed by atoms with E-state index in [1.807, 2.05) is 0 Å². The Balaban J connectivity index is 0.000000578. The highest BCUT2D eigenvalue weighted by Gasteiger charge is 2.29. The lowest BCUT2D eigenvalue weighted by Gasteiger charge is -2.20. The van der Waals surface area contributed by atoms with E-state index in [2.05, 4.69) is 24.3 Å². The molecule has 0 fully saturated rings. The van der Waals surface area contributed by atoms with Gasteiger partial charge in [-0.1, -0.05) is 12.1 Å². The molecule has 1 amide bonds. The molecule has 0 saturated carbocycles. The zero-order chi connectivity index (χ0) is 25.8. The molecular formula is C20H24F4N4O5. The number of amides is 1. The van der Waals surface area contributed by atoms with Crippen molar-refractivity contribution in [1.82, 2.24) is 9.97 Å². The van der Waals surface area contributed by atoms with Gasteiger partial charge >= 0.3 is 13.2 Å². The summed E-state index contributed by atoms with van der Waals surface area (Å²) in [6.07, 6.45) is 0. The molecule has 182 valence electrons. The number of carbonyl (C=O) groups excluding carboxylic acids is 1. The maximum absolute atomic E-state index is 12.0. The van der Waals surface area contributed by atoms with E-state index in [0.717, 1.165) is 0 Å². The fourth-order valence-corrected chi connectivity index (χ4v) is 2.02. The van der Waals surface area contributed by atoms with E-state index in [4.69, 9.17) is 22.8 Å². The van der Waals surface area contributed by atoms with Gasteiger partial charge in [0.05, 0.1) is 11.1 Å². The molecule has 13 heteroatoms. The molecule has 0 atom stereocenters. The van der Waals surface area contributed by atoms with Crippen LogP contribution in [0.3, 0.4) is 0 Å². The molecule has 2 rings (SSSR count). The second-order valence-electron chi connectivity index (χ2n) is 7.14. The van der Waals surface area contributed by atoms with Crippen LogP contribution in [0.15, 0.2) is 36.4 Å².